The molecule has 3 rings (SSSR count). The first-order chi connectivity index (χ1) is 10.9. The summed E-state index contributed by atoms with van der Waals surface area (Å²) in [5.74, 6) is 1.99. The van der Waals surface area contributed by atoms with E-state index in [4.69, 9.17) is 14.0 Å². The van der Waals surface area contributed by atoms with Crippen molar-refractivity contribution >= 4 is 18.9 Å². The highest BCUT2D eigenvalue weighted by molar-refractivity contribution is 6.52. The Labute approximate surface area is 139 Å². The Hall–Kier alpha value is -1.30. The van der Waals surface area contributed by atoms with Crippen LogP contribution in [-0.4, -0.2) is 44.6 Å². The molecule has 1 aromatic rings. The van der Waals surface area contributed by atoms with Crippen molar-refractivity contribution in [3.05, 3.63) is 35.8 Å². The molecule has 0 saturated carbocycles. The van der Waals surface area contributed by atoms with Gasteiger partial charge in [-0.3, -0.25) is 0 Å². The summed E-state index contributed by atoms with van der Waals surface area (Å²) in [5, 5.41) is 0. The molecule has 5 heteroatoms. The van der Waals surface area contributed by atoms with E-state index in [1.54, 1.807) is 0 Å². The van der Waals surface area contributed by atoms with Gasteiger partial charge >= 0.3 is 7.12 Å². The highest BCUT2D eigenvalue weighted by atomic mass is 16.7. The quantitative estimate of drug-likeness (QED) is 0.802. The molecule has 0 N–H and O–H groups in total. The van der Waals surface area contributed by atoms with Gasteiger partial charge in [0, 0.05) is 18.8 Å². The van der Waals surface area contributed by atoms with Crippen LogP contribution >= 0.6 is 0 Å². The molecule has 1 aromatic carbocycles. The number of nitrogens with zero attached hydrogens (tertiary/aromatic N) is 1. The fourth-order valence-electron chi connectivity index (χ4n) is 2.80. The Kier molecular flexibility index (Phi) is 4.54. The summed E-state index contributed by atoms with van der Waals surface area (Å²) < 4.78 is 17.4. The number of morpholine rings is 1. The van der Waals surface area contributed by atoms with Crippen LogP contribution in [0.25, 0.3) is 6.08 Å². The number of anilines is 1. The Morgan fingerprint density at radius 1 is 1.04 bits per heavy atom. The molecule has 124 valence electrons. The van der Waals surface area contributed by atoms with E-state index in [9.17, 15) is 0 Å². The Balaban J connectivity index is 1.69. The third kappa shape index (κ3) is 3.62. The summed E-state index contributed by atoms with van der Waals surface area (Å²) in [6.45, 7) is 11.8. The van der Waals surface area contributed by atoms with Gasteiger partial charge in [-0.05, 0) is 45.4 Å². The van der Waals surface area contributed by atoms with Gasteiger partial charge in [-0.25, -0.2) is 0 Å². The van der Waals surface area contributed by atoms with Crippen LogP contribution in [0.15, 0.2) is 30.2 Å². The molecule has 0 amide bonds. The molecule has 4 nitrogen and oxygen atoms in total. The van der Waals surface area contributed by atoms with Gasteiger partial charge in [0.2, 0.25) is 0 Å². The number of rotatable bonds is 3. The lowest BCUT2D eigenvalue weighted by Gasteiger charge is -2.32. The van der Waals surface area contributed by atoms with Gasteiger partial charge in [0.15, 0.2) is 0 Å². The zero-order valence-electron chi connectivity index (χ0n) is 14.5. The normalized spacial score (nSPS) is 23.7. The number of hydrogen-bond acceptors (Lipinski definition) is 4. The van der Waals surface area contributed by atoms with Gasteiger partial charge in [0.1, 0.15) is 0 Å². The summed E-state index contributed by atoms with van der Waals surface area (Å²) in [6.07, 6.45) is 2.08. The topological polar surface area (TPSA) is 30.9 Å². The van der Waals surface area contributed by atoms with Gasteiger partial charge < -0.3 is 18.9 Å². The SMILES string of the molecule is CC1(C)OB(/C=C/c2cccc(N3CCOCC3)c2)OC1(C)C. The summed E-state index contributed by atoms with van der Waals surface area (Å²) in [7, 11) is -0.299. The van der Waals surface area contributed by atoms with E-state index in [2.05, 4.69) is 62.9 Å². The smallest absolute Gasteiger partial charge is 0.400 e. The Morgan fingerprint density at radius 2 is 1.70 bits per heavy atom. The van der Waals surface area contributed by atoms with Crippen LogP contribution in [0.3, 0.4) is 0 Å². The monoisotopic (exact) mass is 315 g/mol. The van der Waals surface area contributed by atoms with Crippen LogP contribution in [0.5, 0.6) is 0 Å². The predicted octanol–water partition coefficient (Wildman–Crippen LogP) is 3.17. The minimum absolute atomic E-state index is 0.294. The van der Waals surface area contributed by atoms with E-state index >= 15 is 0 Å². The van der Waals surface area contributed by atoms with E-state index in [0.29, 0.717) is 0 Å². The highest BCUT2D eigenvalue weighted by Crippen LogP contribution is 2.37. The van der Waals surface area contributed by atoms with Crippen molar-refractivity contribution in [3.8, 4) is 0 Å². The summed E-state index contributed by atoms with van der Waals surface area (Å²) in [4.78, 5) is 2.36. The molecule has 2 aliphatic rings. The average molecular weight is 315 g/mol. The van der Waals surface area contributed by atoms with E-state index in [1.165, 1.54) is 5.69 Å². The van der Waals surface area contributed by atoms with E-state index in [1.807, 2.05) is 5.98 Å². The van der Waals surface area contributed by atoms with Crippen molar-refractivity contribution in [1.82, 2.24) is 0 Å². The molecule has 0 bridgehead atoms. The van der Waals surface area contributed by atoms with Crippen molar-refractivity contribution in [1.29, 1.82) is 0 Å². The third-order valence-electron chi connectivity index (χ3n) is 4.96. The largest absolute Gasteiger partial charge is 0.487 e. The lowest BCUT2D eigenvalue weighted by molar-refractivity contribution is 0.00578. The fourth-order valence-corrected chi connectivity index (χ4v) is 2.80. The van der Waals surface area contributed by atoms with E-state index in [-0.39, 0.29) is 18.3 Å². The zero-order chi connectivity index (χ0) is 16.5. The van der Waals surface area contributed by atoms with Crippen LogP contribution in [0.2, 0.25) is 0 Å². The molecule has 2 aliphatic heterocycles. The third-order valence-corrected chi connectivity index (χ3v) is 4.96. The maximum atomic E-state index is 6.00. The van der Waals surface area contributed by atoms with Crippen LogP contribution in [0, 0.1) is 0 Å². The van der Waals surface area contributed by atoms with E-state index in [0.717, 1.165) is 31.9 Å². The first-order valence-corrected chi connectivity index (χ1v) is 8.34. The lowest BCUT2D eigenvalue weighted by atomic mass is 9.89. The van der Waals surface area contributed by atoms with Crippen LogP contribution in [0.4, 0.5) is 5.69 Å². The minimum atomic E-state index is -0.299. The molecular weight excluding hydrogens is 289 g/mol. The maximum Gasteiger partial charge on any atom is 0.487 e. The first-order valence-electron chi connectivity index (χ1n) is 8.34. The van der Waals surface area contributed by atoms with Crippen molar-refractivity contribution in [2.45, 2.75) is 38.9 Å². The van der Waals surface area contributed by atoms with Crippen molar-refractivity contribution in [2.24, 2.45) is 0 Å². The second-order valence-electron chi connectivity index (χ2n) is 7.18. The van der Waals surface area contributed by atoms with Crippen LogP contribution in [-0.2, 0) is 14.0 Å². The zero-order valence-corrected chi connectivity index (χ0v) is 14.5. The Bertz CT molecular complexity index is 563. The molecule has 0 spiro atoms. The molecular formula is C18H26BNO3. The standard InChI is InChI=1S/C18H26BNO3/c1-17(2)18(3,4)23-19(22-17)9-8-15-6-5-7-16(14-15)20-10-12-21-13-11-20/h5-9,14H,10-13H2,1-4H3/b9-8+. The number of benzene rings is 1. The van der Waals surface area contributed by atoms with Gasteiger partial charge in [-0.15, -0.1) is 0 Å². The highest BCUT2D eigenvalue weighted by Gasteiger charge is 2.49. The molecule has 0 atom stereocenters. The molecule has 2 heterocycles. The molecule has 0 radical (unpaired) electrons. The second kappa shape index (κ2) is 6.31. The fraction of sp³-hybridized carbons (Fsp3) is 0.556. The van der Waals surface area contributed by atoms with Gasteiger partial charge in [0.25, 0.3) is 0 Å². The number of ether oxygens (including phenoxy) is 1. The van der Waals surface area contributed by atoms with Crippen LogP contribution < -0.4 is 4.90 Å². The summed E-state index contributed by atoms with van der Waals surface area (Å²) >= 11 is 0. The lowest BCUT2D eigenvalue weighted by Crippen LogP contribution is -2.41. The van der Waals surface area contributed by atoms with Gasteiger partial charge in [0.05, 0.1) is 24.4 Å². The Morgan fingerprint density at radius 3 is 2.35 bits per heavy atom. The molecule has 0 unspecified atom stereocenters. The molecule has 2 fully saturated rings. The maximum absolute atomic E-state index is 6.00. The average Bonchev–Trinajstić information content (AvgIpc) is 2.74. The summed E-state index contributed by atoms with van der Waals surface area (Å²) in [5.41, 5.74) is 1.81. The minimum Gasteiger partial charge on any atom is -0.400 e. The molecule has 0 aromatic heterocycles. The van der Waals surface area contributed by atoms with Crippen molar-refractivity contribution in [3.63, 3.8) is 0 Å². The van der Waals surface area contributed by atoms with Gasteiger partial charge in [-0.1, -0.05) is 24.2 Å². The van der Waals surface area contributed by atoms with Crippen molar-refractivity contribution < 1.29 is 14.0 Å². The van der Waals surface area contributed by atoms with Crippen molar-refractivity contribution in [2.75, 3.05) is 31.2 Å². The van der Waals surface area contributed by atoms with Crippen LogP contribution in [0.1, 0.15) is 33.3 Å². The molecule has 23 heavy (non-hydrogen) atoms. The molecule has 0 aliphatic carbocycles. The molecule has 2 saturated heterocycles. The van der Waals surface area contributed by atoms with E-state index < -0.39 is 0 Å². The predicted molar refractivity (Wildman–Crippen MR) is 94.6 cm³/mol. The van der Waals surface area contributed by atoms with Gasteiger partial charge in [-0.2, -0.15) is 0 Å². The summed E-state index contributed by atoms with van der Waals surface area (Å²) in [6, 6.07) is 8.55. The second-order valence-corrected chi connectivity index (χ2v) is 7.18. The first kappa shape index (κ1) is 16.6. The number of hydrogen-bond donors (Lipinski definition) is 0.